The molecule has 3 nitrogen and oxygen atoms in total. The summed E-state index contributed by atoms with van der Waals surface area (Å²) >= 11 is 0. The quantitative estimate of drug-likeness (QED) is 0.0775. The molecule has 0 aromatic carbocycles. The van der Waals surface area contributed by atoms with Gasteiger partial charge in [0.1, 0.15) is 0 Å². The van der Waals surface area contributed by atoms with Crippen LogP contribution in [0.15, 0.2) is 0 Å². The van der Waals surface area contributed by atoms with Gasteiger partial charge in [-0.1, -0.05) is 219 Å². The van der Waals surface area contributed by atoms with Crippen molar-refractivity contribution in [3.8, 4) is 0 Å². The summed E-state index contributed by atoms with van der Waals surface area (Å²) in [4.78, 5) is 14.6. The lowest BCUT2D eigenvalue weighted by Crippen LogP contribution is -2.42. The highest BCUT2D eigenvalue weighted by Gasteiger charge is 2.22. The molecule has 2 amide bonds. The fourth-order valence-electron chi connectivity index (χ4n) is 8.01. The summed E-state index contributed by atoms with van der Waals surface area (Å²) < 4.78 is 0. The summed E-state index contributed by atoms with van der Waals surface area (Å²) in [5.74, 6) is 1.29. The fraction of sp³-hybridized carbons (Fsp3) is 0.977. The maximum atomic E-state index is 12.5. The van der Waals surface area contributed by atoms with Crippen molar-refractivity contribution in [2.45, 2.75) is 245 Å². The molecular weight excluding hydrogens is 560 g/mol. The average Bonchev–Trinajstić information content (AvgIpc) is 3.09. The van der Waals surface area contributed by atoms with Crippen molar-refractivity contribution in [1.29, 1.82) is 0 Å². The minimum Gasteiger partial charge on any atom is -0.351 e. The van der Waals surface area contributed by atoms with E-state index in [-0.39, 0.29) is 6.03 Å². The van der Waals surface area contributed by atoms with E-state index in [1.165, 1.54) is 231 Å². The van der Waals surface area contributed by atoms with Gasteiger partial charge in [-0.2, -0.15) is 0 Å². The van der Waals surface area contributed by atoms with Crippen LogP contribution in [-0.4, -0.2) is 24.0 Å². The van der Waals surface area contributed by atoms with E-state index in [0.29, 0.717) is 11.8 Å². The largest absolute Gasteiger partial charge is 0.351 e. The van der Waals surface area contributed by atoms with E-state index in [4.69, 9.17) is 5.73 Å². The van der Waals surface area contributed by atoms with E-state index in [1.54, 1.807) is 0 Å². The number of nitrogens with zero attached hydrogens (tertiary/aromatic N) is 1. The normalized spacial score (nSPS) is 18.1. The Morgan fingerprint density at radius 1 is 0.435 bits per heavy atom. The van der Waals surface area contributed by atoms with Gasteiger partial charge in [-0.15, -0.1) is 0 Å². The molecule has 0 aliphatic carbocycles. The van der Waals surface area contributed by atoms with Crippen LogP contribution in [0.4, 0.5) is 4.79 Å². The number of hydrogen-bond donors (Lipinski definition) is 1. The number of unbranched alkanes of at least 4 members (excludes halogenated alkanes) is 26. The first-order chi connectivity index (χ1) is 22.7. The Balaban J connectivity index is 2.17. The monoisotopic (exact) mass is 647 g/mol. The van der Waals surface area contributed by atoms with Crippen LogP contribution in [0, 0.1) is 11.8 Å². The zero-order chi connectivity index (χ0) is 33.2. The number of carbonyl (C=O) groups is 1. The molecule has 1 aliphatic rings. The SMILES string of the molecule is CCCCCCCCCCCCCCCCC1CCCCCCC(CCCCCCCCCCCCCCCC)CN(C(N)=O)C1. The van der Waals surface area contributed by atoms with E-state index in [1.807, 2.05) is 0 Å². The third-order valence-electron chi connectivity index (χ3n) is 11.2. The van der Waals surface area contributed by atoms with Gasteiger partial charge in [0, 0.05) is 13.1 Å². The summed E-state index contributed by atoms with van der Waals surface area (Å²) in [6.45, 7) is 6.41. The first-order valence-corrected chi connectivity index (χ1v) is 21.7. The van der Waals surface area contributed by atoms with Crippen LogP contribution >= 0.6 is 0 Å². The molecule has 2 unspecified atom stereocenters. The van der Waals surface area contributed by atoms with Gasteiger partial charge in [0.2, 0.25) is 0 Å². The maximum Gasteiger partial charge on any atom is 0.314 e. The third kappa shape index (κ3) is 28.3. The molecule has 1 heterocycles. The minimum atomic E-state index is -0.170. The van der Waals surface area contributed by atoms with E-state index in [9.17, 15) is 4.79 Å². The number of carbonyl (C=O) groups excluding carboxylic acids is 1. The highest BCUT2D eigenvalue weighted by Crippen LogP contribution is 2.26. The lowest BCUT2D eigenvalue weighted by atomic mass is 9.93. The lowest BCUT2D eigenvalue weighted by Gasteiger charge is -2.29. The predicted octanol–water partition coefficient (Wildman–Crippen LogP) is 14.7. The molecule has 0 saturated carbocycles. The Morgan fingerprint density at radius 3 is 0.957 bits per heavy atom. The molecule has 2 N–H and O–H groups in total. The van der Waals surface area contributed by atoms with Crippen molar-refractivity contribution in [1.82, 2.24) is 4.90 Å². The first-order valence-electron chi connectivity index (χ1n) is 21.7. The molecule has 1 aliphatic heterocycles. The molecule has 0 aromatic heterocycles. The standard InChI is InChI=1S/C43H86N2O/c1-3-5-7-9-11-13-15-17-19-21-23-25-27-31-35-41-37-33-29-30-34-38-42(40-45(39-41)43(44)46)36-32-28-26-24-22-20-18-16-14-12-10-8-6-4-2/h41-42H,3-40H2,1-2H3,(H2,44,46). The van der Waals surface area contributed by atoms with Crippen LogP contribution in [0.3, 0.4) is 0 Å². The second-order valence-electron chi connectivity index (χ2n) is 15.7. The average molecular weight is 647 g/mol. The van der Waals surface area contributed by atoms with E-state index >= 15 is 0 Å². The summed E-state index contributed by atoms with van der Waals surface area (Å²) in [5, 5.41) is 0. The van der Waals surface area contributed by atoms with Crippen molar-refractivity contribution >= 4 is 6.03 Å². The van der Waals surface area contributed by atoms with E-state index < -0.39 is 0 Å². The van der Waals surface area contributed by atoms with Crippen molar-refractivity contribution in [3.05, 3.63) is 0 Å². The Morgan fingerprint density at radius 2 is 0.696 bits per heavy atom. The molecule has 0 aromatic rings. The molecule has 3 heteroatoms. The van der Waals surface area contributed by atoms with Crippen LogP contribution in [-0.2, 0) is 0 Å². The molecule has 0 radical (unpaired) electrons. The van der Waals surface area contributed by atoms with Crippen LogP contribution < -0.4 is 5.73 Å². The van der Waals surface area contributed by atoms with Crippen LogP contribution in [0.1, 0.15) is 245 Å². The maximum absolute atomic E-state index is 12.5. The lowest BCUT2D eigenvalue weighted by molar-refractivity contribution is 0.175. The minimum absolute atomic E-state index is 0.170. The zero-order valence-electron chi connectivity index (χ0n) is 32.0. The second-order valence-corrected chi connectivity index (χ2v) is 15.7. The van der Waals surface area contributed by atoms with Crippen molar-refractivity contribution in [3.63, 3.8) is 0 Å². The predicted molar refractivity (Wildman–Crippen MR) is 206 cm³/mol. The molecule has 2 atom stereocenters. The number of urea groups is 1. The number of primary amides is 1. The number of hydrogen-bond acceptors (Lipinski definition) is 1. The van der Waals surface area contributed by atoms with E-state index in [2.05, 4.69) is 18.7 Å². The Labute approximate surface area is 290 Å². The van der Waals surface area contributed by atoms with Gasteiger partial charge in [-0.05, 0) is 37.5 Å². The molecule has 0 spiro atoms. The van der Waals surface area contributed by atoms with Crippen LogP contribution in [0.5, 0.6) is 0 Å². The van der Waals surface area contributed by atoms with Crippen LogP contribution in [0.25, 0.3) is 0 Å². The van der Waals surface area contributed by atoms with Gasteiger partial charge >= 0.3 is 6.03 Å². The highest BCUT2D eigenvalue weighted by molar-refractivity contribution is 5.72. The van der Waals surface area contributed by atoms with Gasteiger partial charge in [0.15, 0.2) is 0 Å². The molecular formula is C43H86N2O. The van der Waals surface area contributed by atoms with Crippen molar-refractivity contribution in [2.24, 2.45) is 17.6 Å². The smallest absolute Gasteiger partial charge is 0.314 e. The summed E-state index contributed by atoms with van der Waals surface area (Å²) in [7, 11) is 0. The Hall–Kier alpha value is -0.730. The topological polar surface area (TPSA) is 46.3 Å². The van der Waals surface area contributed by atoms with Crippen molar-refractivity contribution in [2.75, 3.05) is 13.1 Å². The summed E-state index contributed by atoms with van der Waals surface area (Å²) in [6.07, 6.45) is 50.2. The van der Waals surface area contributed by atoms with E-state index in [0.717, 1.165) is 13.1 Å². The fourth-order valence-corrected chi connectivity index (χ4v) is 8.01. The molecule has 0 bridgehead atoms. The van der Waals surface area contributed by atoms with Gasteiger partial charge in [0.25, 0.3) is 0 Å². The van der Waals surface area contributed by atoms with Crippen molar-refractivity contribution < 1.29 is 4.79 Å². The second kappa shape index (κ2) is 34.1. The van der Waals surface area contributed by atoms with Gasteiger partial charge in [0.05, 0.1) is 0 Å². The first kappa shape index (κ1) is 43.3. The molecule has 274 valence electrons. The van der Waals surface area contributed by atoms with Gasteiger partial charge in [-0.25, -0.2) is 4.79 Å². The molecule has 46 heavy (non-hydrogen) atoms. The highest BCUT2D eigenvalue weighted by atomic mass is 16.2. The number of rotatable bonds is 30. The number of amides is 2. The van der Waals surface area contributed by atoms with Gasteiger partial charge in [-0.3, -0.25) is 0 Å². The summed E-state index contributed by atoms with van der Waals surface area (Å²) in [5.41, 5.74) is 5.99. The third-order valence-corrected chi connectivity index (χ3v) is 11.2. The molecule has 1 fully saturated rings. The Kier molecular flexibility index (Phi) is 32.1. The zero-order valence-corrected chi connectivity index (χ0v) is 32.0. The Bertz CT molecular complexity index is 576. The molecule has 1 rings (SSSR count). The molecule has 1 saturated heterocycles. The van der Waals surface area contributed by atoms with Gasteiger partial charge < -0.3 is 10.6 Å². The van der Waals surface area contributed by atoms with Crippen LogP contribution in [0.2, 0.25) is 0 Å². The number of nitrogens with two attached hydrogens (primary N) is 1. The summed E-state index contributed by atoms with van der Waals surface area (Å²) in [6, 6.07) is -0.170.